The molecule has 0 spiro atoms. The number of halogens is 1. The number of methoxy groups -OCH3 is 1. The van der Waals surface area contributed by atoms with Crippen LogP contribution in [0.4, 0.5) is 0 Å². The largest absolute Gasteiger partial charge is 0.507 e. The van der Waals surface area contributed by atoms with Crippen molar-refractivity contribution in [1.82, 2.24) is 4.98 Å². The molecule has 0 fully saturated rings. The van der Waals surface area contributed by atoms with Gasteiger partial charge in [-0.05, 0) is 36.4 Å². The first-order valence-electron chi connectivity index (χ1n) is 6.26. The Kier molecular flexibility index (Phi) is 3.66. The molecule has 0 atom stereocenters. The van der Waals surface area contributed by atoms with Gasteiger partial charge in [0.05, 0.1) is 7.11 Å². The summed E-state index contributed by atoms with van der Waals surface area (Å²) in [7, 11) is 1.61. The standard InChI is InChI=1S/C16H12BrNO3/c1-20-12-4-2-3-10(7-12)16-18-14(9-21-16)13-8-11(17)5-6-15(13)19/h2-9,19H,1H3. The normalized spacial score (nSPS) is 10.6. The molecule has 1 N–H and O–H groups in total. The van der Waals surface area contributed by atoms with E-state index >= 15 is 0 Å². The lowest BCUT2D eigenvalue weighted by Gasteiger charge is -2.01. The van der Waals surface area contributed by atoms with Gasteiger partial charge in [0.25, 0.3) is 0 Å². The van der Waals surface area contributed by atoms with Crippen LogP contribution in [0.5, 0.6) is 11.5 Å². The van der Waals surface area contributed by atoms with Crippen molar-refractivity contribution in [1.29, 1.82) is 0 Å². The lowest BCUT2D eigenvalue weighted by Crippen LogP contribution is -1.84. The monoisotopic (exact) mass is 345 g/mol. The van der Waals surface area contributed by atoms with E-state index in [1.54, 1.807) is 25.3 Å². The number of hydrogen-bond acceptors (Lipinski definition) is 4. The number of benzene rings is 2. The fraction of sp³-hybridized carbons (Fsp3) is 0.0625. The zero-order chi connectivity index (χ0) is 14.8. The molecular formula is C16H12BrNO3. The predicted octanol–water partition coefficient (Wildman–Crippen LogP) is 4.49. The number of aromatic nitrogens is 1. The average molecular weight is 346 g/mol. The Morgan fingerprint density at radius 3 is 2.86 bits per heavy atom. The molecule has 0 radical (unpaired) electrons. The predicted molar refractivity (Wildman–Crippen MR) is 83.3 cm³/mol. The maximum Gasteiger partial charge on any atom is 0.226 e. The third-order valence-electron chi connectivity index (χ3n) is 3.06. The van der Waals surface area contributed by atoms with Crippen LogP contribution in [0.3, 0.4) is 0 Å². The average Bonchev–Trinajstić information content (AvgIpc) is 2.99. The minimum Gasteiger partial charge on any atom is -0.507 e. The van der Waals surface area contributed by atoms with Crippen molar-refractivity contribution in [3.63, 3.8) is 0 Å². The summed E-state index contributed by atoms with van der Waals surface area (Å²) in [6.07, 6.45) is 1.52. The van der Waals surface area contributed by atoms with E-state index in [0.29, 0.717) is 17.1 Å². The van der Waals surface area contributed by atoms with Gasteiger partial charge in [-0.25, -0.2) is 4.98 Å². The number of oxazole rings is 1. The van der Waals surface area contributed by atoms with Gasteiger partial charge in [-0.15, -0.1) is 0 Å². The number of phenolic OH excluding ortho intramolecular Hbond substituents is 1. The van der Waals surface area contributed by atoms with Crippen LogP contribution in [0.25, 0.3) is 22.7 Å². The fourth-order valence-corrected chi connectivity index (χ4v) is 2.36. The lowest BCUT2D eigenvalue weighted by molar-refractivity contribution is 0.414. The van der Waals surface area contributed by atoms with Gasteiger partial charge in [0, 0.05) is 15.6 Å². The summed E-state index contributed by atoms with van der Waals surface area (Å²) >= 11 is 3.38. The van der Waals surface area contributed by atoms with Gasteiger partial charge in [-0.1, -0.05) is 22.0 Å². The van der Waals surface area contributed by atoms with Crippen molar-refractivity contribution < 1.29 is 14.3 Å². The van der Waals surface area contributed by atoms with Crippen molar-refractivity contribution in [2.75, 3.05) is 7.11 Å². The molecule has 21 heavy (non-hydrogen) atoms. The molecule has 0 aliphatic rings. The molecule has 1 heterocycles. The molecule has 0 unspecified atom stereocenters. The Labute approximate surface area is 130 Å². The maximum absolute atomic E-state index is 9.93. The molecule has 0 aliphatic carbocycles. The SMILES string of the molecule is COc1cccc(-c2nc(-c3cc(Br)ccc3O)co2)c1. The highest BCUT2D eigenvalue weighted by Gasteiger charge is 2.12. The molecule has 106 valence electrons. The van der Waals surface area contributed by atoms with Gasteiger partial charge in [0.1, 0.15) is 23.5 Å². The van der Waals surface area contributed by atoms with E-state index < -0.39 is 0 Å². The maximum atomic E-state index is 9.93. The van der Waals surface area contributed by atoms with Crippen LogP contribution in [0, 0.1) is 0 Å². The third kappa shape index (κ3) is 2.78. The molecule has 2 aromatic carbocycles. The topological polar surface area (TPSA) is 55.5 Å². The van der Waals surface area contributed by atoms with E-state index in [9.17, 15) is 5.11 Å². The van der Waals surface area contributed by atoms with Gasteiger partial charge in [-0.2, -0.15) is 0 Å². The van der Waals surface area contributed by atoms with Crippen LogP contribution < -0.4 is 4.74 Å². The van der Waals surface area contributed by atoms with Crippen molar-refractivity contribution in [3.05, 3.63) is 53.2 Å². The van der Waals surface area contributed by atoms with Crippen LogP contribution in [-0.2, 0) is 0 Å². The molecular weight excluding hydrogens is 334 g/mol. The molecule has 3 aromatic rings. The van der Waals surface area contributed by atoms with E-state index in [1.165, 1.54) is 6.26 Å². The van der Waals surface area contributed by atoms with Gasteiger partial charge < -0.3 is 14.3 Å². The Bertz CT molecular complexity index is 783. The van der Waals surface area contributed by atoms with Crippen molar-refractivity contribution >= 4 is 15.9 Å². The van der Waals surface area contributed by atoms with E-state index in [0.717, 1.165) is 15.8 Å². The summed E-state index contributed by atoms with van der Waals surface area (Å²) in [6, 6.07) is 12.6. The van der Waals surface area contributed by atoms with Crippen molar-refractivity contribution in [3.8, 4) is 34.2 Å². The van der Waals surface area contributed by atoms with Gasteiger partial charge in [0.2, 0.25) is 5.89 Å². The second-order valence-corrected chi connectivity index (χ2v) is 5.35. The third-order valence-corrected chi connectivity index (χ3v) is 3.55. The minimum absolute atomic E-state index is 0.156. The quantitative estimate of drug-likeness (QED) is 0.759. The molecule has 0 saturated carbocycles. The molecule has 0 bridgehead atoms. The number of ether oxygens (including phenoxy) is 1. The van der Waals surface area contributed by atoms with Gasteiger partial charge in [0.15, 0.2) is 0 Å². The number of nitrogens with zero attached hydrogens (tertiary/aromatic N) is 1. The fourth-order valence-electron chi connectivity index (χ4n) is 2.00. The highest BCUT2D eigenvalue weighted by Crippen LogP contribution is 2.33. The number of hydrogen-bond donors (Lipinski definition) is 1. The summed E-state index contributed by atoms with van der Waals surface area (Å²) in [4.78, 5) is 4.43. The molecule has 3 rings (SSSR count). The number of aromatic hydroxyl groups is 1. The first-order chi connectivity index (χ1) is 10.2. The Hall–Kier alpha value is -2.27. The minimum atomic E-state index is 0.156. The van der Waals surface area contributed by atoms with Crippen LogP contribution in [0.1, 0.15) is 0 Å². The van der Waals surface area contributed by atoms with E-state index in [-0.39, 0.29) is 5.75 Å². The van der Waals surface area contributed by atoms with Crippen LogP contribution in [-0.4, -0.2) is 17.2 Å². The number of rotatable bonds is 3. The van der Waals surface area contributed by atoms with Crippen LogP contribution in [0.15, 0.2) is 57.6 Å². The molecule has 4 nitrogen and oxygen atoms in total. The van der Waals surface area contributed by atoms with Crippen molar-refractivity contribution in [2.45, 2.75) is 0 Å². The summed E-state index contributed by atoms with van der Waals surface area (Å²) in [5.74, 6) is 1.37. The van der Waals surface area contributed by atoms with Gasteiger partial charge >= 0.3 is 0 Å². The molecule has 0 amide bonds. The zero-order valence-corrected chi connectivity index (χ0v) is 12.8. The molecule has 1 aromatic heterocycles. The summed E-state index contributed by atoms with van der Waals surface area (Å²) < 4.78 is 11.6. The Balaban J connectivity index is 2.01. The highest BCUT2D eigenvalue weighted by atomic mass is 79.9. The summed E-state index contributed by atoms with van der Waals surface area (Å²) in [5.41, 5.74) is 2.00. The molecule has 5 heteroatoms. The Morgan fingerprint density at radius 2 is 2.05 bits per heavy atom. The second-order valence-electron chi connectivity index (χ2n) is 4.43. The molecule has 0 saturated heterocycles. The second kappa shape index (κ2) is 5.61. The number of phenols is 1. The van der Waals surface area contributed by atoms with Gasteiger partial charge in [-0.3, -0.25) is 0 Å². The Morgan fingerprint density at radius 1 is 1.19 bits per heavy atom. The van der Waals surface area contributed by atoms with Crippen LogP contribution >= 0.6 is 15.9 Å². The summed E-state index contributed by atoms with van der Waals surface area (Å²) in [5, 5.41) is 9.93. The molecule has 0 aliphatic heterocycles. The zero-order valence-electron chi connectivity index (χ0n) is 11.2. The van der Waals surface area contributed by atoms with E-state index in [1.807, 2.05) is 24.3 Å². The summed E-state index contributed by atoms with van der Waals surface area (Å²) in [6.45, 7) is 0. The highest BCUT2D eigenvalue weighted by molar-refractivity contribution is 9.10. The van der Waals surface area contributed by atoms with Crippen molar-refractivity contribution in [2.24, 2.45) is 0 Å². The van der Waals surface area contributed by atoms with E-state index in [4.69, 9.17) is 9.15 Å². The first-order valence-corrected chi connectivity index (χ1v) is 7.05. The van der Waals surface area contributed by atoms with Crippen LogP contribution in [0.2, 0.25) is 0 Å². The first kappa shape index (κ1) is 13.7. The smallest absolute Gasteiger partial charge is 0.226 e. The lowest BCUT2D eigenvalue weighted by atomic mass is 10.1. The van der Waals surface area contributed by atoms with E-state index in [2.05, 4.69) is 20.9 Å².